The lowest BCUT2D eigenvalue weighted by Crippen LogP contribution is -2.48. The van der Waals surface area contributed by atoms with E-state index in [0.717, 1.165) is 23.8 Å². The summed E-state index contributed by atoms with van der Waals surface area (Å²) in [5.74, 6) is -0.432. The molecule has 0 bridgehead atoms. The zero-order chi connectivity index (χ0) is 16.6. The standard InChI is InChI=1S/C17H18ClNO4/c1-10-11-6-5-7-12(18)15(11)23-14(10)16(20)19-9-4-3-8-13(19)17(21)22-2/h5-7,13H,3-4,8-9H2,1-2H3. The lowest BCUT2D eigenvalue weighted by molar-refractivity contribution is -0.147. The van der Waals surface area contributed by atoms with Gasteiger partial charge in [0, 0.05) is 17.5 Å². The fraction of sp³-hybridized carbons (Fsp3) is 0.412. The molecular formula is C17H18ClNO4. The van der Waals surface area contributed by atoms with Crippen molar-refractivity contribution in [2.45, 2.75) is 32.2 Å². The van der Waals surface area contributed by atoms with Crippen LogP contribution in [0.5, 0.6) is 0 Å². The van der Waals surface area contributed by atoms with Crippen LogP contribution in [-0.4, -0.2) is 36.5 Å². The maximum atomic E-state index is 12.9. The third-order valence-electron chi connectivity index (χ3n) is 4.35. The second-order valence-corrected chi connectivity index (χ2v) is 6.11. The Hall–Kier alpha value is -2.01. The summed E-state index contributed by atoms with van der Waals surface area (Å²) in [7, 11) is 1.34. The molecule has 1 aromatic carbocycles. The molecule has 1 fully saturated rings. The number of carbonyl (C=O) groups excluding carboxylic acids is 2. The van der Waals surface area contributed by atoms with Crippen molar-refractivity contribution in [3.63, 3.8) is 0 Å². The number of piperidine rings is 1. The Morgan fingerprint density at radius 2 is 2.13 bits per heavy atom. The van der Waals surface area contributed by atoms with Gasteiger partial charge < -0.3 is 14.1 Å². The topological polar surface area (TPSA) is 59.8 Å². The van der Waals surface area contributed by atoms with Crippen LogP contribution in [0.25, 0.3) is 11.0 Å². The SMILES string of the molecule is COC(=O)C1CCCCN1C(=O)c1oc2c(Cl)cccc2c1C. The molecule has 2 heterocycles. The van der Waals surface area contributed by atoms with Crippen LogP contribution in [0.15, 0.2) is 22.6 Å². The van der Waals surface area contributed by atoms with Crippen LogP contribution >= 0.6 is 11.6 Å². The summed E-state index contributed by atoms with van der Waals surface area (Å²) >= 11 is 6.14. The molecule has 0 saturated carbocycles. The number of benzene rings is 1. The van der Waals surface area contributed by atoms with Crippen LogP contribution in [0.2, 0.25) is 5.02 Å². The molecule has 1 amide bonds. The Balaban J connectivity index is 2.00. The second kappa shape index (κ2) is 6.24. The number of fused-ring (bicyclic) bond motifs is 1. The van der Waals surface area contributed by atoms with E-state index in [4.69, 9.17) is 20.8 Å². The molecule has 6 heteroatoms. The number of furan rings is 1. The number of hydrogen-bond acceptors (Lipinski definition) is 4. The van der Waals surface area contributed by atoms with Crippen molar-refractivity contribution in [1.82, 2.24) is 4.90 Å². The number of para-hydroxylation sites is 1. The smallest absolute Gasteiger partial charge is 0.328 e. The molecule has 3 rings (SSSR count). The zero-order valence-electron chi connectivity index (χ0n) is 13.1. The first-order valence-electron chi connectivity index (χ1n) is 7.61. The summed E-state index contributed by atoms with van der Waals surface area (Å²) < 4.78 is 10.6. The molecule has 1 aromatic heterocycles. The number of halogens is 1. The number of nitrogens with zero attached hydrogens (tertiary/aromatic N) is 1. The van der Waals surface area contributed by atoms with E-state index in [0.29, 0.717) is 23.6 Å². The minimum absolute atomic E-state index is 0.240. The van der Waals surface area contributed by atoms with Gasteiger partial charge in [0.1, 0.15) is 6.04 Å². The highest BCUT2D eigenvalue weighted by Gasteiger charge is 2.35. The van der Waals surface area contributed by atoms with Gasteiger partial charge in [-0.2, -0.15) is 0 Å². The van der Waals surface area contributed by atoms with Crippen molar-refractivity contribution in [2.75, 3.05) is 13.7 Å². The van der Waals surface area contributed by atoms with Gasteiger partial charge in [0.25, 0.3) is 5.91 Å². The van der Waals surface area contributed by atoms with Crippen molar-refractivity contribution in [1.29, 1.82) is 0 Å². The van der Waals surface area contributed by atoms with Crippen molar-refractivity contribution >= 4 is 34.4 Å². The highest BCUT2D eigenvalue weighted by molar-refractivity contribution is 6.35. The summed E-state index contributed by atoms with van der Waals surface area (Å²) in [6.45, 7) is 2.34. The first-order chi connectivity index (χ1) is 11.0. The van der Waals surface area contributed by atoms with Gasteiger partial charge in [0.2, 0.25) is 0 Å². The van der Waals surface area contributed by atoms with Gasteiger partial charge in [0.15, 0.2) is 11.3 Å². The van der Waals surface area contributed by atoms with Gasteiger partial charge in [-0.1, -0.05) is 23.7 Å². The van der Waals surface area contributed by atoms with E-state index in [1.54, 1.807) is 11.0 Å². The van der Waals surface area contributed by atoms with E-state index in [1.165, 1.54) is 7.11 Å². The molecule has 1 aliphatic rings. The molecule has 122 valence electrons. The van der Waals surface area contributed by atoms with E-state index < -0.39 is 6.04 Å². The number of esters is 1. The lowest BCUT2D eigenvalue weighted by Gasteiger charge is -2.33. The molecule has 0 N–H and O–H groups in total. The first-order valence-corrected chi connectivity index (χ1v) is 7.98. The molecule has 0 aliphatic carbocycles. The number of methoxy groups -OCH3 is 1. The summed E-state index contributed by atoms with van der Waals surface area (Å²) in [4.78, 5) is 26.4. The second-order valence-electron chi connectivity index (χ2n) is 5.71. The van der Waals surface area contributed by atoms with Gasteiger partial charge in [-0.3, -0.25) is 4.79 Å². The number of amides is 1. The lowest BCUT2D eigenvalue weighted by atomic mass is 10.0. The Bertz CT molecular complexity index is 767. The number of ether oxygens (including phenoxy) is 1. The van der Waals surface area contributed by atoms with Crippen LogP contribution in [0.1, 0.15) is 35.4 Å². The summed E-state index contributed by atoms with van der Waals surface area (Å²) in [5, 5.41) is 1.28. The molecule has 2 aromatic rings. The number of carbonyl (C=O) groups is 2. The molecule has 1 atom stereocenters. The van der Waals surface area contributed by atoms with Crippen molar-refractivity contribution in [2.24, 2.45) is 0 Å². The monoisotopic (exact) mass is 335 g/mol. The maximum absolute atomic E-state index is 12.9. The van der Waals surface area contributed by atoms with Gasteiger partial charge >= 0.3 is 5.97 Å². The summed E-state index contributed by atoms with van der Waals surface area (Å²) in [6.07, 6.45) is 2.37. The Morgan fingerprint density at radius 3 is 2.83 bits per heavy atom. The highest BCUT2D eigenvalue weighted by atomic mass is 35.5. The average molecular weight is 336 g/mol. The number of rotatable bonds is 2. The zero-order valence-corrected chi connectivity index (χ0v) is 13.9. The third-order valence-corrected chi connectivity index (χ3v) is 4.64. The molecular weight excluding hydrogens is 318 g/mol. The molecule has 5 nitrogen and oxygen atoms in total. The van der Waals surface area contributed by atoms with Crippen molar-refractivity contribution < 1.29 is 18.7 Å². The predicted octanol–water partition coefficient (Wildman–Crippen LogP) is 3.56. The maximum Gasteiger partial charge on any atom is 0.328 e. The van der Waals surface area contributed by atoms with Gasteiger partial charge in [-0.05, 0) is 32.3 Å². The van der Waals surface area contributed by atoms with Crippen molar-refractivity contribution in [3.8, 4) is 0 Å². The first kappa shape index (κ1) is 15.9. The molecule has 1 unspecified atom stereocenters. The molecule has 0 radical (unpaired) electrons. The number of aryl methyl sites for hydroxylation is 1. The normalized spacial score (nSPS) is 18.2. The quantitative estimate of drug-likeness (QED) is 0.787. The highest BCUT2D eigenvalue weighted by Crippen LogP contribution is 2.32. The fourth-order valence-corrected chi connectivity index (χ4v) is 3.31. The molecule has 0 spiro atoms. The number of likely N-dealkylation sites (tertiary alicyclic amines) is 1. The fourth-order valence-electron chi connectivity index (χ4n) is 3.10. The summed E-state index contributed by atoms with van der Waals surface area (Å²) in [6, 6.07) is 4.85. The van der Waals surface area contributed by atoms with E-state index >= 15 is 0 Å². The Morgan fingerprint density at radius 1 is 1.35 bits per heavy atom. The van der Waals surface area contributed by atoms with Gasteiger partial charge in [0.05, 0.1) is 12.1 Å². The molecule has 1 saturated heterocycles. The number of hydrogen-bond donors (Lipinski definition) is 0. The van der Waals surface area contributed by atoms with Crippen LogP contribution < -0.4 is 0 Å². The molecule has 1 aliphatic heterocycles. The Kier molecular flexibility index (Phi) is 4.31. The van der Waals surface area contributed by atoms with Crippen LogP contribution in [0.3, 0.4) is 0 Å². The summed E-state index contributed by atoms with van der Waals surface area (Å²) in [5.41, 5.74) is 1.24. The van der Waals surface area contributed by atoms with Gasteiger partial charge in [-0.15, -0.1) is 0 Å². The Labute approximate surface area is 139 Å². The van der Waals surface area contributed by atoms with Crippen LogP contribution in [0, 0.1) is 6.92 Å². The minimum atomic E-state index is -0.552. The largest absolute Gasteiger partial charge is 0.467 e. The third kappa shape index (κ3) is 2.70. The average Bonchev–Trinajstić information content (AvgIpc) is 2.92. The van der Waals surface area contributed by atoms with Crippen LogP contribution in [0.4, 0.5) is 0 Å². The van der Waals surface area contributed by atoms with E-state index in [9.17, 15) is 9.59 Å². The van der Waals surface area contributed by atoms with E-state index in [-0.39, 0.29) is 17.6 Å². The van der Waals surface area contributed by atoms with Crippen LogP contribution in [-0.2, 0) is 9.53 Å². The molecule has 23 heavy (non-hydrogen) atoms. The van der Waals surface area contributed by atoms with E-state index in [2.05, 4.69) is 0 Å². The van der Waals surface area contributed by atoms with Gasteiger partial charge in [-0.25, -0.2) is 4.79 Å². The van der Waals surface area contributed by atoms with E-state index in [1.807, 2.05) is 19.1 Å². The predicted molar refractivity (Wildman–Crippen MR) is 86.7 cm³/mol. The minimum Gasteiger partial charge on any atom is -0.467 e. The van der Waals surface area contributed by atoms with Crippen molar-refractivity contribution in [3.05, 3.63) is 34.5 Å².